The summed E-state index contributed by atoms with van der Waals surface area (Å²) >= 11 is 0. The van der Waals surface area contributed by atoms with E-state index in [1.54, 1.807) is 26.5 Å². The number of amides is 1. The highest BCUT2D eigenvalue weighted by Crippen LogP contribution is 2.53. The predicted molar refractivity (Wildman–Crippen MR) is 138 cm³/mol. The van der Waals surface area contributed by atoms with E-state index in [1.165, 1.54) is 0 Å². The largest absolute Gasteiger partial charge is 0.465 e. The van der Waals surface area contributed by atoms with Crippen molar-refractivity contribution < 1.29 is 9.90 Å². The summed E-state index contributed by atoms with van der Waals surface area (Å²) in [6, 6.07) is 8.30. The van der Waals surface area contributed by atoms with Crippen molar-refractivity contribution in [3.63, 3.8) is 0 Å². The molecule has 0 radical (unpaired) electrons. The molecule has 1 amide bonds. The number of hydrogen-bond acceptors (Lipinski definition) is 6. The van der Waals surface area contributed by atoms with Crippen molar-refractivity contribution in [2.45, 2.75) is 26.8 Å². The van der Waals surface area contributed by atoms with Crippen molar-refractivity contribution in [3.8, 4) is 28.3 Å². The molecule has 2 saturated heterocycles. The second-order valence-corrected chi connectivity index (χ2v) is 11.3. The number of likely N-dealkylation sites (tertiary alicyclic amines) is 1. The van der Waals surface area contributed by atoms with Crippen molar-refractivity contribution >= 4 is 17.4 Å². The number of aromatic nitrogens is 5. The van der Waals surface area contributed by atoms with Crippen LogP contribution in [-0.4, -0.2) is 66.2 Å². The molecule has 1 atom stereocenters. The highest BCUT2D eigenvalue weighted by molar-refractivity contribution is 5.87. The molecule has 0 bridgehead atoms. The third kappa shape index (κ3) is 3.53. The van der Waals surface area contributed by atoms with Crippen molar-refractivity contribution in [2.24, 2.45) is 17.9 Å². The van der Waals surface area contributed by atoms with E-state index in [2.05, 4.69) is 41.9 Å². The number of carbonyl (C=O) groups is 1. The molecule has 4 aromatic rings. The average Bonchev–Trinajstić information content (AvgIpc) is 3.42. The van der Waals surface area contributed by atoms with Gasteiger partial charge in [-0.05, 0) is 23.6 Å². The van der Waals surface area contributed by atoms with Crippen LogP contribution in [0.25, 0.3) is 27.8 Å². The van der Waals surface area contributed by atoms with Crippen LogP contribution in [0.2, 0.25) is 0 Å². The zero-order valence-electron chi connectivity index (χ0n) is 21.3. The molecule has 188 valence electrons. The topological polar surface area (TPSA) is 116 Å². The Morgan fingerprint density at radius 1 is 1.08 bits per heavy atom. The van der Waals surface area contributed by atoms with E-state index in [0.29, 0.717) is 12.1 Å². The Bertz CT molecular complexity index is 1560. The van der Waals surface area contributed by atoms with Crippen LogP contribution in [-0.2, 0) is 7.05 Å². The molecule has 4 aromatic heterocycles. The number of nitriles is 1. The quantitative estimate of drug-likeness (QED) is 0.458. The summed E-state index contributed by atoms with van der Waals surface area (Å²) in [6.07, 6.45) is 8.22. The molecule has 10 heteroatoms. The van der Waals surface area contributed by atoms with Gasteiger partial charge in [-0.25, -0.2) is 14.3 Å². The first kappa shape index (κ1) is 23.0. The van der Waals surface area contributed by atoms with E-state index in [0.717, 1.165) is 46.7 Å². The third-order valence-electron chi connectivity index (χ3n) is 7.61. The highest BCUT2D eigenvalue weighted by atomic mass is 16.4. The Hall–Kier alpha value is -4.39. The van der Waals surface area contributed by atoms with Gasteiger partial charge in [0.1, 0.15) is 11.9 Å². The summed E-state index contributed by atoms with van der Waals surface area (Å²) < 4.78 is 3.49. The van der Waals surface area contributed by atoms with Gasteiger partial charge in [0.2, 0.25) is 0 Å². The summed E-state index contributed by atoms with van der Waals surface area (Å²) in [5, 5.41) is 28.0. The Morgan fingerprint density at radius 3 is 2.46 bits per heavy atom. The maximum absolute atomic E-state index is 11.7. The fourth-order valence-corrected chi connectivity index (χ4v) is 6.33. The van der Waals surface area contributed by atoms with Crippen LogP contribution in [0, 0.1) is 22.2 Å². The van der Waals surface area contributed by atoms with Crippen molar-refractivity contribution in [1.29, 1.82) is 5.26 Å². The molecule has 6 rings (SSSR count). The van der Waals surface area contributed by atoms with E-state index >= 15 is 0 Å². The van der Waals surface area contributed by atoms with Gasteiger partial charge in [-0.3, -0.25) is 4.68 Å². The molecule has 2 aliphatic heterocycles. The normalized spacial score (nSPS) is 18.5. The van der Waals surface area contributed by atoms with Gasteiger partial charge < -0.3 is 14.9 Å². The van der Waals surface area contributed by atoms with Crippen LogP contribution >= 0.6 is 0 Å². The second-order valence-electron chi connectivity index (χ2n) is 11.3. The number of nitrogens with zero attached hydrogens (tertiary/aromatic N) is 8. The zero-order valence-corrected chi connectivity index (χ0v) is 21.3. The molecule has 37 heavy (non-hydrogen) atoms. The number of rotatable bonds is 3. The van der Waals surface area contributed by atoms with Gasteiger partial charge in [0.05, 0.1) is 29.5 Å². The molecule has 1 N–H and O–H groups in total. The second kappa shape index (κ2) is 7.80. The van der Waals surface area contributed by atoms with Gasteiger partial charge in [-0.1, -0.05) is 20.8 Å². The van der Waals surface area contributed by atoms with Crippen LogP contribution < -0.4 is 4.90 Å². The van der Waals surface area contributed by atoms with Crippen LogP contribution in [0.15, 0.2) is 49.2 Å². The number of fused-ring (bicyclic) bond motifs is 1. The summed E-state index contributed by atoms with van der Waals surface area (Å²) in [5.41, 5.74) is 4.75. The summed E-state index contributed by atoms with van der Waals surface area (Å²) in [7, 11) is 1.87. The van der Waals surface area contributed by atoms with Crippen molar-refractivity contribution in [2.75, 3.05) is 24.5 Å². The van der Waals surface area contributed by atoms with Gasteiger partial charge in [-0.2, -0.15) is 15.5 Å². The Morgan fingerprint density at radius 2 is 1.86 bits per heavy atom. The van der Waals surface area contributed by atoms with Gasteiger partial charge in [-0.15, -0.1) is 0 Å². The van der Waals surface area contributed by atoms with Gasteiger partial charge in [0.15, 0.2) is 0 Å². The molecule has 2 aliphatic rings. The minimum Gasteiger partial charge on any atom is -0.465 e. The van der Waals surface area contributed by atoms with Crippen LogP contribution in [0.4, 0.5) is 10.6 Å². The maximum atomic E-state index is 11.7. The Labute approximate surface area is 214 Å². The summed E-state index contributed by atoms with van der Waals surface area (Å²) in [4.78, 5) is 20.2. The number of anilines is 1. The molecule has 0 aliphatic carbocycles. The van der Waals surface area contributed by atoms with E-state index < -0.39 is 6.09 Å². The molecule has 0 saturated carbocycles. The summed E-state index contributed by atoms with van der Waals surface area (Å²) in [6.45, 7) is 8.46. The lowest BCUT2D eigenvalue weighted by atomic mass is 9.58. The van der Waals surface area contributed by atoms with E-state index in [4.69, 9.17) is 4.98 Å². The Kier molecular flexibility index (Phi) is 4.86. The van der Waals surface area contributed by atoms with Gasteiger partial charge in [0, 0.05) is 72.9 Å². The molecule has 0 aromatic carbocycles. The molecular formula is C27H28N8O2. The lowest BCUT2D eigenvalue weighted by molar-refractivity contribution is -0.121. The van der Waals surface area contributed by atoms with Gasteiger partial charge in [0.25, 0.3) is 0 Å². The van der Waals surface area contributed by atoms with E-state index in [1.807, 2.05) is 43.8 Å². The first-order chi connectivity index (χ1) is 17.6. The molecule has 2 fully saturated rings. The van der Waals surface area contributed by atoms with Crippen LogP contribution in [0.3, 0.4) is 0 Å². The van der Waals surface area contributed by atoms with Crippen LogP contribution in [0.1, 0.15) is 26.3 Å². The number of carboxylic acid groups (broad SMARTS) is 1. The first-order valence-corrected chi connectivity index (χ1v) is 12.2. The standard InChI is InChI=1S/C27H28N8O2/c1-26(2,3)24-27(16-34(24)25(36)37)14-33(15-27)22-6-5-17(9-29-22)21-7-18(20-11-30-32(4)12-20)13-35-23(21)19(8-28)10-31-35/h5-7,9-13,24H,14-16H2,1-4H3,(H,36,37). The number of aryl methyl sites for hydroxylation is 1. The van der Waals surface area contributed by atoms with Crippen LogP contribution in [0.5, 0.6) is 0 Å². The van der Waals surface area contributed by atoms with Crippen molar-refractivity contribution in [1.82, 2.24) is 29.3 Å². The fourth-order valence-electron chi connectivity index (χ4n) is 6.33. The molecular weight excluding hydrogens is 468 g/mol. The highest BCUT2D eigenvalue weighted by Gasteiger charge is 2.64. The van der Waals surface area contributed by atoms with E-state index in [-0.39, 0.29) is 16.9 Å². The summed E-state index contributed by atoms with van der Waals surface area (Å²) in [5.74, 6) is 0.865. The molecule has 6 heterocycles. The average molecular weight is 497 g/mol. The number of pyridine rings is 2. The van der Waals surface area contributed by atoms with Gasteiger partial charge >= 0.3 is 6.09 Å². The SMILES string of the molecule is Cn1cc(-c2cc(-c3ccc(N4CC5(C4)CN(C(=O)O)C5C(C)(C)C)nc3)c3c(C#N)cnn3c2)cn1. The van der Waals surface area contributed by atoms with E-state index in [9.17, 15) is 15.2 Å². The minimum atomic E-state index is -0.845. The Balaban J connectivity index is 1.30. The smallest absolute Gasteiger partial charge is 0.407 e. The lowest BCUT2D eigenvalue weighted by Crippen LogP contribution is -2.81. The molecule has 10 nitrogen and oxygen atoms in total. The minimum absolute atomic E-state index is 0.0113. The zero-order chi connectivity index (χ0) is 26.1. The number of hydrogen-bond donors (Lipinski definition) is 1. The lowest BCUT2D eigenvalue weighted by Gasteiger charge is -2.68. The monoisotopic (exact) mass is 496 g/mol. The molecule has 1 spiro atoms. The van der Waals surface area contributed by atoms with Crippen molar-refractivity contribution in [3.05, 3.63) is 54.7 Å². The first-order valence-electron chi connectivity index (χ1n) is 12.2. The predicted octanol–water partition coefficient (Wildman–Crippen LogP) is 3.88. The fraction of sp³-hybridized carbons (Fsp3) is 0.370. The third-order valence-corrected chi connectivity index (χ3v) is 7.61. The molecule has 1 unspecified atom stereocenters. The maximum Gasteiger partial charge on any atom is 0.407 e.